The molecular weight excluding hydrogens is 628 g/mol. The lowest BCUT2D eigenvalue weighted by Crippen LogP contribution is -2.60. The number of hydrogen-bond donors (Lipinski definition) is 6. The van der Waals surface area contributed by atoms with E-state index in [1.807, 2.05) is 30.3 Å². The smallest absolute Gasteiger partial charge is 0.244 e. The first-order chi connectivity index (χ1) is 23.9. The molecule has 1 aromatic rings. The van der Waals surface area contributed by atoms with Gasteiger partial charge in [0.25, 0.3) is 0 Å². The molecule has 11 nitrogen and oxygen atoms in total. The van der Waals surface area contributed by atoms with Crippen molar-refractivity contribution in [3.63, 3.8) is 0 Å². The fourth-order valence-corrected chi connectivity index (χ4v) is 5.95. The Morgan fingerprint density at radius 2 is 1.33 bits per heavy atom. The van der Waals surface area contributed by atoms with Gasteiger partial charge in [-0.05, 0) is 31.4 Å². The number of para-hydroxylation sites is 1. The average molecular weight is 695 g/mol. The van der Waals surface area contributed by atoms with E-state index in [1.54, 1.807) is 0 Å². The maximum atomic E-state index is 13.1. The Balaban J connectivity index is 1.67. The summed E-state index contributed by atoms with van der Waals surface area (Å²) in [5.41, 5.74) is 0. The van der Waals surface area contributed by atoms with E-state index in [1.165, 1.54) is 44.9 Å². The van der Waals surface area contributed by atoms with Gasteiger partial charge in [0, 0.05) is 13.0 Å². The number of aliphatic hydroxyl groups excluding tert-OH is 4. The third-order valence-corrected chi connectivity index (χ3v) is 9.07. The Morgan fingerprint density at radius 1 is 0.755 bits per heavy atom. The van der Waals surface area contributed by atoms with Gasteiger partial charge < -0.3 is 45.3 Å². The first-order valence-corrected chi connectivity index (χ1v) is 19.0. The third kappa shape index (κ3) is 19.1. The number of ether oxygens (including phenoxy) is 3. The molecule has 0 spiro atoms. The number of benzene rings is 1. The Morgan fingerprint density at radius 3 is 1.94 bits per heavy atom. The summed E-state index contributed by atoms with van der Waals surface area (Å²) in [6.07, 6.45) is 13.1. The minimum atomic E-state index is -1.59. The van der Waals surface area contributed by atoms with E-state index in [0.29, 0.717) is 13.0 Å². The van der Waals surface area contributed by atoms with E-state index in [-0.39, 0.29) is 18.9 Å². The first-order valence-electron chi connectivity index (χ1n) is 19.0. The minimum absolute atomic E-state index is 0.269. The molecule has 0 radical (unpaired) electrons. The zero-order chi connectivity index (χ0) is 35.5. The van der Waals surface area contributed by atoms with Crippen molar-refractivity contribution in [2.45, 2.75) is 166 Å². The van der Waals surface area contributed by atoms with Crippen molar-refractivity contribution in [1.29, 1.82) is 0 Å². The molecule has 6 N–H and O–H groups in total. The zero-order valence-corrected chi connectivity index (χ0v) is 29.9. The molecular formula is C38H66N2O9. The maximum Gasteiger partial charge on any atom is 0.244 e. The highest BCUT2D eigenvalue weighted by molar-refractivity contribution is 5.87. The minimum Gasteiger partial charge on any atom is -0.494 e. The second kappa shape index (κ2) is 27.4. The molecule has 1 aliphatic rings. The molecule has 1 saturated heterocycles. The average Bonchev–Trinajstić information content (AvgIpc) is 3.11. The van der Waals surface area contributed by atoms with Gasteiger partial charge in [-0.1, -0.05) is 121 Å². The summed E-state index contributed by atoms with van der Waals surface area (Å²) in [6.45, 7) is 2.52. The fourth-order valence-electron chi connectivity index (χ4n) is 5.95. The van der Waals surface area contributed by atoms with Crippen LogP contribution in [-0.2, 0) is 19.1 Å². The van der Waals surface area contributed by atoms with Gasteiger partial charge in [0.2, 0.25) is 11.8 Å². The number of unbranched alkanes of at least 4 members (excludes halogenated alkanes) is 16. The predicted molar refractivity (Wildman–Crippen MR) is 190 cm³/mol. The predicted octanol–water partition coefficient (Wildman–Crippen LogP) is 4.91. The molecule has 2 amide bonds. The molecule has 1 fully saturated rings. The van der Waals surface area contributed by atoms with Crippen molar-refractivity contribution in [2.75, 3.05) is 26.4 Å². The lowest BCUT2D eigenvalue weighted by Gasteiger charge is -2.39. The summed E-state index contributed by atoms with van der Waals surface area (Å²) in [4.78, 5) is 25.9. The number of aliphatic hydroxyl groups is 4. The van der Waals surface area contributed by atoms with Crippen molar-refractivity contribution in [2.24, 2.45) is 0 Å². The Kier molecular flexibility index (Phi) is 24.0. The molecule has 282 valence electrons. The monoisotopic (exact) mass is 694 g/mol. The van der Waals surface area contributed by atoms with Gasteiger partial charge in [-0.2, -0.15) is 0 Å². The molecule has 11 heteroatoms. The van der Waals surface area contributed by atoms with Crippen LogP contribution in [0.1, 0.15) is 129 Å². The highest BCUT2D eigenvalue weighted by Crippen LogP contribution is 2.22. The van der Waals surface area contributed by atoms with Gasteiger partial charge in [-0.3, -0.25) is 9.59 Å². The summed E-state index contributed by atoms with van der Waals surface area (Å²) in [6, 6.07) is 8.81. The number of hydrogen-bond acceptors (Lipinski definition) is 9. The Bertz CT molecular complexity index is 968. The summed E-state index contributed by atoms with van der Waals surface area (Å²) in [7, 11) is 0. The third-order valence-electron chi connectivity index (χ3n) is 9.07. The molecule has 0 bridgehead atoms. The van der Waals surface area contributed by atoms with Crippen molar-refractivity contribution in [1.82, 2.24) is 10.6 Å². The maximum absolute atomic E-state index is 13.1. The molecule has 2 rings (SSSR count). The van der Waals surface area contributed by atoms with Crippen LogP contribution in [0.4, 0.5) is 0 Å². The van der Waals surface area contributed by atoms with Crippen molar-refractivity contribution in [3.05, 3.63) is 30.3 Å². The Hall–Kier alpha value is -2.28. The van der Waals surface area contributed by atoms with Crippen LogP contribution in [0.2, 0.25) is 0 Å². The van der Waals surface area contributed by atoms with Gasteiger partial charge in [-0.25, -0.2) is 0 Å². The van der Waals surface area contributed by atoms with Crippen LogP contribution in [0.15, 0.2) is 30.3 Å². The number of carbonyl (C=O) groups is 2. The quantitative estimate of drug-likeness (QED) is 0.0639. The number of rotatable bonds is 29. The van der Waals surface area contributed by atoms with Crippen LogP contribution in [-0.4, -0.2) is 95.4 Å². The highest BCUT2D eigenvalue weighted by Gasteiger charge is 2.44. The topological polar surface area (TPSA) is 167 Å². The molecule has 0 unspecified atom stereocenters. The van der Waals surface area contributed by atoms with Gasteiger partial charge in [0.05, 0.1) is 19.8 Å². The van der Waals surface area contributed by atoms with E-state index < -0.39 is 49.3 Å². The summed E-state index contributed by atoms with van der Waals surface area (Å²) >= 11 is 0. The molecule has 1 aliphatic heterocycles. The zero-order valence-electron chi connectivity index (χ0n) is 29.9. The molecule has 1 aromatic carbocycles. The molecule has 1 heterocycles. The van der Waals surface area contributed by atoms with Crippen LogP contribution < -0.4 is 15.4 Å². The van der Waals surface area contributed by atoms with E-state index >= 15 is 0 Å². The van der Waals surface area contributed by atoms with E-state index in [9.17, 15) is 30.0 Å². The van der Waals surface area contributed by atoms with E-state index in [4.69, 9.17) is 14.2 Å². The molecule has 0 saturated carbocycles. The molecule has 0 aliphatic carbocycles. The van der Waals surface area contributed by atoms with Crippen molar-refractivity contribution < 1.29 is 44.2 Å². The van der Waals surface area contributed by atoms with Crippen LogP contribution in [0.5, 0.6) is 5.75 Å². The van der Waals surface area contributed by atoms with Crippen molar-refractivity contribution >= 4 is 11.8 Å². The van der Waals surface area contributed by atoms with Gasteiger partial charge in [0.1, 0.15) is 36.2 Å². The van der Waals surface area contributed by atoms with Crippen LogP contribution in [0.3, 0.4) is 0 Å². The number of amides is 2. The van der Waals surface area contributed by atoms with Crippen LogP contribution in [0.25, 0.3) is 0 Å². The number of nitrogens with one attached hydrogen (secondary N) is 2. The summed E-state index contributed by atoms with van der Waals surface area (Å²) in [5.74, 6) is 0.238. The van der Waals surface area contributed by atoms with Gasteiger partial charge in [0.15, 0.2) is 6.29 Å². The molecule has 0 aromatic heterocycles. The Labute approximate surface area is 294 Å². The SMILES string of the molecule is CCCCCCCCCCCCNC(=O)[C@H](CO[C@H]1O[C@H](CO)[C@H](O)[C@H](O)[C@H]1O)NC(=O)CCCCCCCCCCOc1ccccc1. The van der Waals surface area contributed by atoms with E-state index in [2.05, 4.69) is 17.6 Å². The van der Waals surface area contributed by atoms with Crippen molar-refractivity contribution in [3.8, 4) is 5.75 Å². The largest absolute Gasteiger partial charge is 0.494 e. The second-order valence-electron chi connectivity index (χ2n) is 13.4. The lowest BCUT2D eigenvalue weighted by atomic mass is 9.99. The van der Waals surface area contributed by atoms with Gasteiger partial charge >= 0.3 is 0 Å². The highest BCUT2D eigenvalue weighted by atomic mass is 16.7. The van der Waals surface area contributed by atoms with Crippen LogP contribution >= 0.6 is 0 Å². The standard InChI is InChI=1S/C38H66N2O9/c1-2-3-4-5-6-7-9-12-15-21-26-39-37(46)31(29-48-38-36(45)35(44)34(43)32(28-41)49-38)40-33(42)25-20-14-11-8-10-13-16-22-27-47-30-23-18-17-19-24-30/h17-19,23-24,31-32,34-36,38,41,43-45H,2-16,20-22,25-29H2,1H3,(H,39,46)(H,40,42)/t31-,32+,34-,35-,36+,38-/m0/s1. The fraction of sp³-hybridized carbons (Fsp3) is 0.789. The lowest BCUT2D eigenvalue weighted by molar-refractivity contribution is -0.301. The van der Waals surface area contributed by atoms with Gasteiger partial charge in [-0.15, -0.1) is 0 Å². The molecule has 49 heavy (non-hydrogen) atoms. The van der Waals surface area contributed by atoms with Crippen LogP contribution in [0, 0.1) is 0 Å². The summed E-state index contributed by atoms with van der Waals surface area (Å²) < 4.78 is 16.8. The first kappa shape index (κ1) is 42.9. The normalized spacial score (nSPS) is 21.3. The second-order valence-corrected chi connectivity index (χ2v) is 13.4. The molecule has 6 atom stereocenters. The summed E-state index contributed by atoms with van der Waals surface area (Å²) in [5, 5.41) is 45.6. The number of carbonyl (C=O) groups excluding carboxylic acids is 2. The van der Waals surface area contributed by atoms with E-state index in [0.717, 1.165) is 76.6 Å².